The molecule has 0 heterocycles. The van der Waals surface area contributed by atoms with E-state index in [-0.39, 0.29) is 6.61 Å². The monoisotopic (exact) mass is 394 g/mol. The van der Waals surface area contributed by atoms with Gasteiger partial charge in [-0.2, -0.15) is 0 Å². The summed E-state index contributed by atoms with van der Waals surface area (Å²) in [5.74, 6) is -1.04. The lowest BCUT2D eigenvalue weighted by Crippen LogP contribution is -2.02. The van der Waals surface area contributed by atoms with Crippen molar-refractivity contribution in [3.63, 3.8) is 0 Å². The second kappa shape index (κ2) is 12.0. The van der Waals surface area contributed by atoms with Crippen molar-refractivity contribution in [3.05, 3.63) is 35.5 Å². The van der Waals surface area contributed by atoms with Crippen molar-refractivity contribution in [2.24, 2.45) is 0 Å². The summed E-state index contributed by atoms with van der Waals surface area (Å²) in [7, 11) is -8.47. The van der Waals surface area contributed by atoms with Gasteiger partial charge in [-0.25, -0.2) is 0 Å². The Bertz CT molecular complexity index is 570. The van der Waals surface area contributed by atoms with Gasteiger partial charge in [0.2, 0.25) is 7.37 Å². The molecule has 0 spiro atoms. The Balaban J connectivity index is 3.93. The molecule has 3 N–H and O–H groups in total. The molecule has 0 amide bonds. The quantitative estimate of drug-likeness (QED) is 0.236. The molecular formula is C17H32O6P2. The first-order valence-electron chi connectivity index (χ1n) is 8.30. The largest absolute Gasteiger partial charge is 0.371 e. The molecule has 25 heavy (non-hydrogen) atoms. The molecule has 0 saturated carbocycles. The van der Waals surface area contributed by atoms with Gasteiger partial charge in [0.05, 0.1) is 6.61 Å². The van der Waals surface area contributed by atoms with Crippen LogP contribution < -0.4 is 0 Å². The van der Waals surface area contributed by atoms with E-state index in [1.165, 1.54) is 11.1 Å². The first kappa shape index (κ1) is 24.5. The summed E-state index contributed by atoms with van der Waals surface area (Å²) in [6.07, 6.45) is 8.25. The van der Waals surface area contributed by atoms with Gasteiger partial charge < -0.3 is 19.4 Å². The minimum absolute atomic E-state index is 0.216. The normalized spacial score (nSPS) is 14.9. The van der Waals surface area contributed by atoms with Crippen molar-refractivity contribution in [1.29, 1.82) is 0 Å². The second-order valence-electron chi connectivity index (χ2n) is 6.60. The summed E-state index contributed by atoms with van der Waals surface area (Å²) < 4.78 is 27.4. The van der Waals surface area contributed by atoms with Crippen LogP contribution in [0.5, 0.6) is 0 Å². The molecule has 0 aromatic carbocycles. The Morgan fingerprint density at radius 3 is 2.16 bits per heavy atom. The van der Waals surface area contributed by atoms with E-state index in [2.05, 4.69) is 39.5 Å². The molecule has 0 fully saturated rings. The van der Waals surface area contributed by atoms with Crippen LogP contribution in [-0.4, -0.2) is 33.5 Å². The third-order valence-corrected chi connectivity index (χ3v) is 7.21. The fourth-order valence-electron chi connectivity index (χ4n) is 2.09. The van der Waals surface area contributed by atoms with Gasteiger partial charge in [0.25, 0.3) is 0 Å². The topological polar surface area (TPSA) is 104 Å². The second-order valence-corrected chi connectivity index (χ2v) is 11.0. The van der Waals surface area contributed by atoms with Gasteiger partial charge in [-0.05, 0) is 52.9 Å². The van der Waals surface area contributed by atoms with Gasteiger partial charge in [-0.15, -0.1) is 0 Å². The summed E-state index contributed by atoms with van der Waals surface area (Å²) in [6.45, 7) is 10.5. The van der Waals surface area contributed by atoms with E-state index in [0.717, 1.165) is 31.3 Å². The molecule has 0 saturated heterocycles. The molecule has 1 unspecified atom stereocenters. The lowest BCUT2D eigenvalue weighted by Gasteiger charge is -2.13. The third kappa shape index (κ3) is 16.7. The molecule has 146 valence electrons. The van der Waals surface area contributed by atoms with Crippen LogP contribution in [0.4, 0.5) is 0 Å². The summed E-state index contributed by atoms with van der Waals surface area (Å²) in [4.78, 5) is 26.9. The van der Waals surface area contributed by atoms with Crippen LogP contribution in [-0.2, 0) is 13.9 Å². The number of hydrogen-bond donors (Lipinski definition) is 3. The molecule has 0 aliphatic rings. The zero-order chi connectivity index (χ0) is 19.5. The number of hydrogen-bond acceptors (Lipinski definition) is 3. The molecule has 0 radical (unpaired) electrons. The first-order valence-corrected chi connectivity index (χ1v) is 12.1. The number of rotatable bonds is 13. The summed E-state index contributed by atoms with van der Waals surface area (Å²) in [5.41, 5.74) is 3.66. The van der Waals surface area contributed by atoms with Crippen molar-refractivity contribution in [2.75, 3.05) is 18.9 Å². The van der Waals surface area contributed by atoms with E-state index in [0.29, 0.717) is 6.42 Å². The maximum Gasteiger partial charge on any atom is 0.335 e. The highest BCUT2D eigenvalue weighted by molar-refractivity contribution is 7.72. The SMILES string of the molecule is C=C(CC/C=C(\C)CCC=C(C)C)CCOCP(=O)(O)CP(=O)(O)O. The minimum atomic E-state index is -4.51. The average Bonchev–Trinajstić information content (AvgIpc) is 2.40. The Morgan fingerprint density at radius 1 is 1.00 bits per heavy atom. The van der Waals surface area contributed by atoms with Crippen LogP contribution in [0.25, 0.3) is 0 Å². The molecule has 0 aromatic rings. The van der Waals surface area contributed by atoms with Crippen molar-refractivity contribution < 1.29 is 28.5 Å². The Morgan fingerprint density at radius 2 is 1.60 bits per heavy atom. The van der Waals surface area contributed by atoms with Crippen LogP contribution in [0.1, 0.15) is 52.9 Å². The number of allylic oxidation sites excluding steroid dienone is 4. The molecule has 0 bridgehead atoms. The lowest BCUT2D eigenvalue weighted by molar-refractivity contribution is 0.171. The van der Waals surface area contributed by atoms with Crippen molar-refractivity contribution in [3.8, 4) is 0 Å². The van der Waals surface area contributed by atoms with E-state index in [1.807, 2.05) is 0 Å². The van der Waals surface area contributed by atoms with Gasteiger partial charge >= 0.3 is 7.60 Å². The molecule has 6 nitrogen and oxygen atoms in total. The van der Waals surface area contributed by atoms with Crippen molar-refractivity contribution in [1.82, 2.24) is 0 Å². The highest BCUT2D eigenvalue weighted by Crippen LogP contribution is 2.54. The van der Waals surface area contributed by atoms with Crippen LogP contribution in [0.15, 0.2) is 35.5 Å². The fraction of sp³-hybridized carbons (Fsp3) is 0.647. The van der Waals surface area contributed by atoms with Gasteiger partial charge in [0.15, 0.2) is 0 Å². The summed E-state index contributed by atoms with van der Waals surface area (Å²) >= 11 is 0. The van der Waals surface area contributed by atoms with Gasteiger partial charge in [0.1, 0.15) is 12.3 Å². The predicted octanol–water partition coefficient (Wildman–Crippen LogP) is 4.79. The fourth-order valence-corrected chi connectivity index (χ4v) is 5.13. The highest BCUT2D eigenvalue weighted by atomic mass is 31.2. The van der Waals surface area contributed by atoms with Crippen LogP contribution in [0.3, 0.4) is 0 Å². The van der Waals surface area contributed by atoms with Gasteiger partial charge in [-0.3, -0.25) is 9.13 Å². The van der Waals surface area contributed by atoms with Gasteiger partial charge in [0, 0.05) is 0 Å². The highest BCUT2D eigenvalue weighted by Gasteiger charge is 2.29. The Labute approximate surface area is 151 Å². The van der Waals surface area contributed by atoms with Gasteiger partial charge in [-0.1, -0.05) is 35.5 Å². The van der Waals surface area contributed by atoms with E-state index in [4.69, 9.17) is 14.5 Å². The molecule has 0 aromatic heterocycles. The minimum Gasteiger partial charge on any atom is -0.371 e. The zero-order valence-corrected chi connectivity index (χ0v) is 17.3. The average molecular weight is 394 g/mol. The zero-order valence-electron chi connectivity index (χ0n) is 15.5. The summed E-state index contributed by atoms with van der Waals surface area (Å²) in [5, 5.41) is 0. The smallest absolute Gasteiger partial charge is 0.335 e. The molecular weight excluding hydrogens is 362 g/mol. The maximum atomic E-state index is 11.6. The van der Waals surface area contributed by atoms with Crippen LogP contribution in [0.2, 0.25) is 0 Å². The molecule has 0 aliphatic heterocycles. The van der Waals surface area contributed by atoms with E-state index < -0.39 is 27.2 Å². The molecule has 1 atom stereocenters. The maximum absolute atomic E-state index is 11.6. The molecule has 0 aliphatic carbocycles. The third-order valence-electron chi connectivity index (χ3n) is 3.38. The lowest BCUT2D eigenvalue weighted by atomic mass is 10.1. The standard InChI is InChI=1S/C17H32O6P2/c1-15(2)7-5-8-16(3)9-6-10-17(4)11-12-23-13-24(18,19)14-25(20,21)22/h7,9H,4-6,8,10-14H2,1-3H3,(H,18,19)(H2,20,21,22)/b16-9+. The van der Waals surface area contributed by atoms with Crippen LogP contribution in [0, 0.1) is 0 Å². The summed E-state index contributed by atoms with van der Waals surface area (Å²) in [6, 6.07) is 0. The van der Waals surface area contributed by atoms with E-state index in [1.54, 1.807) is 0 Å². The van der Waals surface area contributed by atoms with E-state index >= 15 is 0 Å². The van der Waals surface area contributed by atoms with Crippen LogP contribution >= 0.6 is 15.0 Å². The Kier molecular flexibility index (Phi) is 11.8. The molecule has 8 heteroatoms. The van der Waals surface area contributed by atoms with E-state index in [9.17, 15) is 14.0 Å². The molecule has 0 rings (SSSR count). The predicted molar refractivity (Wildman–Crippen MR) is 103 cm³/mol. The van der Waals surface area contributed by atoms with Crippen molar-refractivity contribution in [2.45, 2.75) is 52.9 Å². The Hall–Kier alpha value is -0.480. The number of ether oxygens (including phenoxy) is 1. The first-order chi connectivity index (χ1) is 11.4. The van der Waals surface area contributed by atoms with Crippen molar-refractivity contribution >= 4 is 15.0 Å².